The van der Waals surface area contributed by atoms with Crippen molar-refractivity contribution in [1.82, 2.24) is 9.80 Å². The van der Waals surface area contributed by atoms with E-state index >= 15 is 0 Å². The van der Waals surface area contributed by atoms with Gasteiger partial charge >= 0.3 is 17.8 Å². The van der Waals surface area contributed by atoms with E-state index in [9.17, 15) is 60.6 Å². The normalized spacial score (nSPS) is 43.1. The third-order valence-corrected chi connectivity index (χ3v) is 16.1. The highest BCUT2D eigenvalue weighted by atomic mass is 16.8. The highest BCUT2D eigenvalue weighted by Crippen LogP contribution is 2.41. The zero-order valence-electron chi connectivity index (χ0n) is 46.9. The number of nitrogens with zero attached hydrogens (tertiary/aromatic N) is 3. The number of aliphatic hydroxyl groups excluding tert-OH is 6. The number of likely N-dealkylation sites (N-methyl/N-ethyl adjacent to an activating group) is 2. The molecule has 4 fully saturated rings. The molecule has 0 aliphatic carbocycles. The second kappa shape index (κ2) is 26.4. The summed E-state index contributed by atoms with van der Waals surface area (Å²) < 4.78 is 60.8. The van der Waals surface area contributed by atoms with Crippen molar-refractivity contribution < 1.29 is 103 Å². The summed E-state index contributed by atoms with van der Waals surface area (Å²) in [6.07, 6.45) is -20.3. The number of aliphatic hydroxyl groups is 8. The van der Waals surface area contributed by atoms with E-state index in [1.54, 1.807) is 76.5 Å². The van der Waals surface area contributed by atoms with Gasteiger partial charge in [0.1, 0.15) is 54.9 Å². The van der Waals surface area contributed by atoms with Crippen molar-refractivity contribution in [3.05, 3.63) is 33.9 Å². The minimum Gasteiger partial charge on any atom is -0.459 e. The molecule has 0 amide bonds. The van der Waals surface area contributed by atoms with Gasteiger partial charge in [-0.2, -0.15) is 0 Å². The lowest BCUT2D eigenvalue weighted by Gasteiger charge is -2.49. The van der Waals surface area contributed by atoms with E-state index in [1.165, 1.54) is 20.1 Å². The first-order valence-corrected chi connectivity index (χ1v) is 26.4. The molecule has 23 atom stereocenters. The smallest absolute Gasteiger partial charge is 0.459 e. The molecule has 77 heavy (non-hydrogen) atoms. The molecule has 442 valence electrons. The van der Waals surface area contributed by atoms with Gasteiger partial charge in [0, 0.05) is 38.1 Å². The molecule has 25 heteroatoms. The average Bonchev–Trinajstić information content (AvgIpc) is 3.36. The van der Waals surface area contributed by atoms with Crippen LogP contribution in [0.3, 0.4) is 0 Å². The molecule has 4 aliphatic heterocycles. The monoisotopic (exact) mass is 1110 g/mol. The second-order valence-corrected chi connectivity index (χ2v) is 22.7. The Kier molecular flexibility index (Phi) is 22.1. The number of hydrogen-bond acceptors (Lipinski definition) is 24. The number of carbonyl (C=O) groups excluding carboxylic acids is 2. The number of methoxy groups -OCH3 is 1. The van der Waals surface area contributed by atoms with Crippen LogP contribution in [-0.2, 0) is 54.0 Å². The molecule has 25 nitrogen and oxygen atoms in total. The molecule has 1 aromatic rings. The summed E-state index contributed by atoms with van der Waals surface area (Å²) in [7, 11) is 6.76. The summed E-state index contributed by atoms with van der Waals surface area (Å²) in [6, 6.07) is 2.28. The molecule has 4 heterocycles. The van der Waals surface area contributed by atoms with Crippen LogP contribution in [0.4, 0.5) is 10.5 Å². The molecule has 0 saturated carbocycles. The van der Waals surface area contributed by atoms with E-state index in [2.05, 4.69) is 0 Å². The van der Waals surface area contributed by atoms with Gasteiger partial charge in [-0.1, -0.05) is 26.8 Å². The second-order valence-electron chi connectivity index (χ2n) is 22.7. The zero-order chi connectivity index (χ0) is 57.8. The van der Waals surface area contributed by atoms with Gasteiger partial charge in [-0.05, 0) is 106 Å². The third kappa shape index (κ3) is 14.9. The molecule has 0 aromatic heterocycles. The lowest BCUT2D eigenvalue weighted by Crippen LogP contribution is -2.61. The van der Waals surface area contributed by atoms with Gasteiger partial charge in [0.2, 0.25) is 6.29 Å². The number of esters is 1. The van der Waals surface area contributed by atoms with Crippen LogP contribution in [0.25, 0.3) is 0 Å². The van der Waals surface area contributed by atoms with Gasteiger partial charge < -0.3 is 98.0 Å². The van der Waals surface area contributed by atoms with E-state index in [4.69, 9.17) is 47.4 Å². The first-order valence-electron chi connectivity index (χ1n) is 26.4. The molecule has 0 unspecified atom stereocenters. The van der Waals surface area contributed by atoms with Crippen molar-refractivity contribution in [1.29, 1.82) is 0 Å². The van der Waals surface area contributed by atoms with Gasteiger partial charge in [0.05, 0.1) is 59.1 Å². The van der Waals surface area contributed by atoms with E-state index < -0.39 is 175 Å². The number of hydrogen-bond donors (Lipinski definition) is 8. The summed E-state index contributed by atoms with van der Waals surface area (Å²) in [5.41, 5.74) is -5.39. The van der Waals surface area contributed by atoms with Crippen molar-refractivity contribution in [2.24, 2.45) is 17.8 Å². The highest BCUT2D eigenvalue weighted by molar-refractivity contribution is 5.73. The Morgan fingerprint density at radius 2 is 1.57 bits per heavy atom. The van der Waals surface area contributed by atoms with Crippen molar-refractivity contribution in [3.63, 3.8) is 0 Å². The van der Waals surface area contributed by atoms with Crippen molar-refractivity contribution in [2.75, 3.05) is 41.4 Å². The Hall–Kier alpha value is -3.48. The van der Waals surface area contributed by atoms with Crippen molar-refractivity contribution in [2.45, 2.75) is 223 Å². The fourth-order valence-corrected chi connectivity index (χ4v) is 11.3. The maximum atomic E-state index is 14.6. The van der Waals surface area contributed by atoms with Crippen LogP contribution in [0.2, 0.25) is 0 Å². The summed E-state index contributed by atoms with van der Waals surface area (Å²) in [5, 5.41) is 100. The summed E-state index contributed by atoms with van der Waals surface area (Å²) >= 11 is 0. The van der Waals surface area contributed by atoms with Crippen molar-refractivity contribution >= 4 is 17.8 Å². The van der Waals surface area contributed by atoms with E-state index in [0.29, 0.717) is 13.0 Å². The van der Waals surface area contributed by atoms with Gasteiger partial charge in [-0.15, -0.1) is 0 Å². The first-order chi connectivity index (χ1) is 35.8. The summed E-state index contributed by atoms with van der Waals surface area (Å²) in [4.78, 5) is 43.5. The van der Waals surface area contributed by atoms with Gasteiger partial charge in [-0.3, -0.25) is 14.9 Å². The Morgan fingerprint density at radius 1 is 0.909 bits per heavy atom. The number of carbonyl (C=O) groups is 2. The van der Waals surface area contributed by atoms with Gasteiger partial charge in [0.15, 0.2) is 24.4 Å². The number of rotatable bonds is 14. The predicted octanol–water partition coefficient (Wildman–Crippen LogP) is 1.35. The number of nitro benzene ring substituents is 1. The minimum absolute atomic E-state index is 0.0147. The first kappa shape index (κ1) is 64.3. The minimum atomic E-state index is -1.91. The molecule has 0 bridgehead atoms. The lowest BCUT2D eigenvalue weighted by atomic mass is 9.77. The number of benzene rings is 1. The van der Waals surface area contributed by atoms with Gasteiger partial charge in [-0.25, -0.2) is 4.79 Å². The Balaban J connectivity index is 1.50. The molecular formula is C52H87N3O22. The Morgan fingerprint density at radius 3 is 2.17 bits per heavy atom. The SMILES string of the molecule is CC[C@H]1OC(=O)[C@H](C)[C@@H](O[C@@H]2C[C@@](C)(OC)[C@@H](O)[C@H](C)O2)[C@H](C)[C@@H](O[C@@H]2O[C@H](C)C[C@H](N(C)C)[C@H]2OC(=O)OCc2ccc(O[C@@H]3O[C@H](CO)[C@H](O)[C@H](O)[C@H]3O)c([N+](=O)[O-])c2)[C@](C)(O)C[C@@H](C)CN(C)[C@H](C)[C@@H](O)[C@]1(C)O. The van der Waals surface area contributed by atoms with Gasteiger partial charge in [0.25, 0.3) is 0 Å². The number of cyclic esters (lactones) is 1. The van der Waals surface area contributed by atoms with Crippen LogP contribution in [0, 0.1) is 27.9 Å². The highest BCUT2D eigenvalue weighted by Gasteiger charge is 2.54. The molecule has 8 N–H and O–H groups in total. The van der Waals surface area contributed by atoms with Crippen LogP contribution < -0.4 is 4.74 Å². The predicted molar refractivity (Wildman–Crippen MR) is 271 cm³/mol. The van der Waals surface area contributed by atoms with E-state index in [-0.39, 0.29) is 30.7 Å². The molecule has 0 spiro atoms. The van der Waals surface area contributed by atoms with Crippen LogP contribution in [0.15, 0.2) is 18.2 Å². The van der Waals surface area contributed by atoms with Crippen LogP contribution in [0.5, 0.6) is 5.75 Å². The maximum absolute atomic E-state index is 14.6. The third-order valence-electron chi connectivity index (χ3n) is 16.1. The quantitative estimate of drug-likeness (QED) is 0.0740. The fourth-order valence-electron chi connectivity index (χ4n) is 11.3. The zero-order valence-corrected chi connectivity index (χ0v) is 46.9. The Bertz CT molecular complexity index is 2100. The van der Waals surface area contributed by atoms with Crippen LogP contribution in [-0.4, -0.2) is 230 Å². The molecule has 4 saturated heterocycles. The largest absolute Gasteiger partial charge is 0.509 e. The molecular weight excluding hydrogens is 1020 g/mol. The summed E-state index contributed by atoms with van der Waals surface area (Å²) in [5.74, 6) is -3.67. The van der Waals surface area contributed by atoms with E-state index in [1.807, 2.05) is 16.7 Å². The van der Waals surface area contributed by atoms with Crippen LogP contribution >= 0.6 is 0 Å². The molecule has 4 aliphatic rings. The molecule has 1 aromatic carbocycles. The van der Waals surface area contributed by atoms with Crippen LogP contribution in [0.1, 0.15) is 100 Å². The fraction of sp³-hybridized carbons (Fsp3) is 0.846. The van der Waals surface area contributed by atoms with E-state index in [0.717, 1.165) is 12.1 Å². The Labute approximate surface area is 450 Å². The summed E-state index contributed by atoms with van der Waals surface area (Å²) in [6.45, 7) is 15.8. The lowest BCUT2D eigenvalue weighted by molar-refractivity contribution is -0.387. The standard InChI is InChI=1S/C52H87N3O22/c1-15-36-52(10,65)43(60)29(6)54(13)22-25(2)20-50(8,64)45(27(4)41(28(5)46(62)74-36)75-37-21-51(9,68-14)44(61)30(7)71-37)77-48-42(33(53(11)12)18-26(3)70-48)76-49(63)69-24-31-16-17-34(32(19-31)55(66)67)72-47-40(59)39(58)38(57)35(23-56)73-47/h16-17,19,25-30,33,35-45,47-48,56-61,64-65H,15,18,20-24H2,1-14H3/t25-,26-,27+,28-,29-,30+,33+,35-,36-,37-,38+,39+,40-,41+,42-,43-,44+,45-,47-,48+,50-,51-,52-/m1/s1. The topological polar surface area (TPSA) is 338 Å². The molecule has 0 radical (unpaired) electrons. The maximum Gasteiger partial charge on any atom is 0.509 e. The number of nitro groups is 1. The van der Waals surface area contributed by atoms with Crippen molar-refractivity contribution in [3.8, 4) is 5.75 Å². The number of ether oxygens (including phenoxy) is 10. The average molecular weight is 1110 g/mol. The molecule has 5 rings (SSSR count).